The first-order valence-corrected chi connectivity index (χ1v) is 9.61. The second-order valence-corrected chi connectivity index (χ2v) is 7.97. The van der Waals surface area contributed by atoms with Crippen LogP contribution in [0.3, 0.4) is 0 Å². The highest BCUT2D eigenvalue weighted by molar-refractivity contribution is 6.30. The molecule has 1 aromatic heterocycles. The number of carbonyl (C=O) groups excluding carboxylic acids is 1. The molecule has 3 aromatic rings. The highest BCUT2D eigenvalue weighted by Gasteiger charge is 2.18. The van der Waals surface area contributed by atoms with Crippen molar-refractivity contribution in [1.82, 2.24) is 5.43 Å². The molecule has 150 valence electrons. The topological polar surface area (TPSA) is 63.8 Å². The molecule has 0 aliphatic carbocycles. The SMILES string of the molecule is CC(C)(C)c1ccccc1OCC(=O)NN=Cc1ccc(-c2ccc(Cl)cc2)o1. The molecule has 0 atom stereocenters. The lowest BCUT2D eigenvalue weighted by atomic mass is 9.86. The first kappa shape index (κ1) is 20.7. The molecule has 0 aliphatic rings. The van der Waals surface area contributed by atoms with Gasteiger partial charge >= 0.3 is 0 Å². The Kier molecular flexibility index (Phi) is 6.39. The van der Waals surface area contributed by atoms with Crippen molar-refractivity contribution >= 4 is 23.7 Å². The number of hydrogen-bond donors (Lipinski definition) is 1. The summed E-state index contributed by atoms with van der Waals surface area (Å²) in [5, 5.41) is 4.59. The lowest BCUT2D eigenvalue weighted by Gasteiger charge is -2.22. The fraction of sp³-hybridized carbons (Fsp3) is 0.217. The number of halogens is 1. The molecule has 3 rings (SSSR count). The first-order chi connectivity index (χ1) is 13.8. The van der Waals surface area contributed by atoms with Gasteiger partial charge in [-0.3, -0.25) is 4.79 Å². The molecule has 5 nitrogen and oxygen atoms in total. The number of hydrazone groups is 1. The molecule has 0 saturated carbocycles. The Morgan fingerprint density at radius 3 is 2.55 bits per heavy atom. The zero-order chi connectivity index (χ0) is 20.9. The predicted octanol–water partition coefficient (Wildman–Crippen LogP) is 5.43. The number of furan rings is 1. The summed E-state index contributed by atoms with van der Waals surface area (Å²) in [6, 6.07) is 18.6. The Bertz CT molecular complexity index is 1000. The van der Waals surface area contributed by atoms with Gasteiger partial charge < -0.3 is 9.15 Å². The van der Waals surface area contributed by atoms with Crippen LogP contribution in [0.2, 0.25) is 5.02 Å². The largest absolute Gasteiger partial charge is 0.483 e. The number of carbonyl (C=O) groups is 1. The number of rotatable bonds is 6. The molecule has 29 heavy (non-hydrogen) atoms. The van der Waals surface area contributed by atoms with Crippen LogP contribution >= 0.6 is 11.6 Å². The maximum Gasteiger partial charge on any atom is 0.277 e. The molecule has 0 bridgehead atoms. The van der Waals surface area contributed by atoms with Crippen LogP contribution in [0.4, 0.5) is 0 Å². The van der Waals surface area contributed by atoms with E-state index in [1.807, 2.05) is 42.5 Å². The summed E-state index contributed by atoms with van der Waals surface area (Å²) in [6.45, 7) is 6.17. The third kappa shape index (κ3) is 5.72. The monoisotopic (exact) mass is 410 g/mol. The number of hydrogen-bond acceptors (Lipinski definition) is 4. The van der Waals surface area contributed by atoms with E-state index in [-0.39, 0.29) is 17.9 Å². The van der Waals surface area contributed by atoms with E-state index in [4.69, 9.17) is 20.8 Å². The average Bonchev–Trinajstić information content (AvgIpc) is 3.15. The molecule has 1 heterocycles. The van der Waals surface area contributed by atoms with Gasteiger partial charge in [-0.25, -0.2) is 5.43 Å². The second kappa shape index (κ2) is 8.97. The quantitative estimate of drug-likeness (QED) is 0.435. The molecule has 0 saturated heterocycles. The van der Waals surface area contributed by atoms with Crippen molar-refractivity contribution in [3.05, 3.63) is 77.0 Å². The van der Waals surface area contributed by atoms with Crippen molar-refractivity contribution in [2.75, 3.05) is 6.61 Å². The van der Waals surface area contributed by atoms with Gasteiger partial charge in [-0.1, -0.05) is 50.6 Å². The van der Waals surface area contributed by atoms with E-state index in [1.54, 1.807) is 18.2 Å². The smallest absolute Gasteiger partial charge is 0.277 e. The van der Waals surface area contributed by atoms with Crippen LogP contribution in [0.15, 0.2) is 70.2 Å². The van der Waals surface area contributed by atoms with Gasteiger partial charge in [0, 0.05) is 10.6 Å². The Morgan fingerprint density at radius 1 is 1.10 bits per heavy atom. The van der Waals surface area contributed by atoms with Crippen LogP contribution < -0.4 is 10.2 Å². The van der Waals surface area contributed by atoms with Crippen LogP contribution in [0.5, 0.6) is 5.75 Å². The zero-order valence-electron chi connectivity index (χ0n) is 16.6. The summed E-state index contributed by atoms with van der Waals surface area (Å²) < 4.78 is 11.4. The van der Waals surface area contributed by atoms with E-state index in [0.29, 0.717) is 22.3 Å². The maximum atomic E-state index is 12.0. The minimum absolute atomic E-state index is 0.0771. The summed E-state index contributed by atoms with van der Waals surface area (Å²) in [6.07, 6.45) is 1.44. The van der Waals surface area contributed by atoms with Crippen molar-refractivity contribution in [1.29, 1.82) is 0 Å². The van der Waals surface area contributed by atoms with Gasteiger partial charge in [0.1, 0.15) is 17.3 Å². The van der Waals surface area contributed by atoms with Gasteiger partial charge in [-0.05, 0) is 53.4 Å². The average molecular weight is 411 g/mol. The summed E-state index contributed by atoms with van der Waals surface area (Å²) in [5.74, 6) is 1.55. The summed E-state index contributed by atoms with van der Waals surface area (Å²) >= 11 is 5.90. The van der Waals surface area contributed by atoms with Gasteiger partial charge in [-0.15, -0.1) is 0 Å². The van der Waals surface area contributed by atoms with Gasteiger partial charge in [0.2, 0.25) is 0 Å². The van der Waals surface area contributed by atoms with E-state index in [1.165, 1.54) is 6.21 Å². The minimum Gasteiger partial charge on any atom is -0.483 e. The molecule has 0 unspecified atom stereocenters. The molecule has 0 fully saturated rings. The standard InChI is InChI=1S/C23H23ClN2O3/c1-23(2,3)19-6-4-5-7-21(19)28-15-22(27)26-25-14-18-12-13-20(29-18)16-8-10-17(24)11-9-16/h4-14H,15H2,1-3H3,(H,26,27). The van der Waals surface area contributed by atoms with E-state index >= 15 is 0 Å². The van der Waals surface area contributed by atoms with Crippen molar-refractivity contribution in [2.45, 2.75) is 26.2 Å². The molecular weight excluding hydrogens is 388 g/mol. The fourth-order valence-electron chi connectivity index (χ4n) is 2.75. The highest BCUT2D eigenvalue weighted by Crippen LogP contribution is 2.30. The van der Waals surface area contributed by atoms with E-state index < -0.39 is 0 Å². The number of amides is 1. The second-order valence-electron chi connectivity index (χ2n) is 7.54. The molecular formula is C23H23ClN2O3. The Balaban J connectivity index is 1.54. The summed E-state index contributed by atoms with van der Waals surface area (Å²) in [5.41, 5.74) is 4.32. The van der Waals surface area contributed by atoms with Crippen molar-refractivity contribution < 1.29 is 13.9 Å². The Morgan fingerprint density at radius 2 is 1.83 bits per heavy atom. The van der Waals surface area contributed by atoms with E-state index in [0.717, 1.165) is 11.1 Å². The van der Waals surface area contributed by atoms with E-state index in [2.05, 4.69) is 31.3 Å². The molecule has 1 amide bonds. The van der Waals surface area contributed by atoms with Crippen molar-refractivity contribution in [3.63, 3.8) is 0 Å². The molecule has 1 N–H and O–H groups in total. The Labute approximate surface area is 175 Å². The van der Waals surface area contributed by atoms with E-state index in [9.17, 15) is 4.79 Å². The van der Waals surface area contributed by atoms with Gasteiger partial charge in [0.15, 0.2) is 6.61 Å². The fourth-order valence-corrected chi connectivity index (χ4v) is 2.87. The summed E-state index contributed by atoms with van der Waals surface area (Å²) in [4.78, 5) is 12.0. The van der Waals surface area contributed by atoms with Crippen LogP contribution in [0.25, 0.3) is 11.3 Å². The predicted molar refractivity (Wildman–Crippen MR) is 116 cm³/mol. The van der Waals surface area contributed by atoms with Crippen LogP contribution in [-0.4, -0.2) is 18.7 Å². The number of para-hydroxylation sites is 1. The van der Waals surface area contributed by atoms with Crippen LogP contribution in [0, 0.1) is 0 Å². The third-order valence-corrected chi connectivity index (χ3v) is 4.44. The normalized spacial score (nSPS) is 11.6. The van der Waals surface area contributed by atoms with Crippen LogP contribution in [0.1, 0.15) is 32.1 Å². The number of benzene rings is 2. The van der Waals surface area contributed by atoms with Crippen molar-refractivity contribution in [2.24, 2.45) is 5.10 Å². The van der Waals surface area contributed by atoms with Gasteiger partial charge in [-0.2, -0.15) is 5.10 Å². The number of nitrogens with zero attached hydrogens (tertiary/aromatic N) is 1. The van der Waals surface area contributed by atoms with Gasteiger partial charge in [0.05, 0.1) is 6.21 Å². The third-order valence-electron chi connectivity index (χ3n) is 4.19. The summed E-state index contributed by atoms with van der Waals surface area (Å²) in [7, 11) is 0. The molecule has 2 aromatic carbocycles. The zero-order valence-corrected chi connectivity index (χ0v) is 17.4. The Hall–Kier alpha value is -3.05. The number of nitrogens with one attached hydrogen (secondary N) is 1. The van der Waals surface area contributed by atoms with Gasteiger partial charge in [0.25, 0.3) is 5.91 Å². The molecule has 6 heteroatoms. The number of ether oxygens (including phenoxy) is 1. The maximum absolute atomic E-state index is 12.0. The first-order valence-electron chi connectivity index (χ1n) is 9.23. The molecule has 0 spiro atoms. The highest BCUT2D eigenvalue weighted by atomic mass is 35.5. The van der Waals surface area contributed by atoms with Crippen LogP contribution in [-0.2, 0) is 10.2 Å². The lowest BCUT2D eigenvalue weighted by molar-refractivity contribution is -0.123. The molecule has 0 aliphatic heterocycles. The van der Waals surface area contributed by atoms with Crippen molar-refractivity contribution in [3.8, 4) is 17.1 Å². The minimum atomic E-state index is -0.352. The molecule has 0 radical (unpaired) electrons. The lowest BCUT2D eigenvalue weighted by Crippen LogP contribution is -2.25.